The SMILES string of the molecule is CN(C)/C=C(\C=N)c1ccc(-c2nnc(N3CC4(CCNCC4)C3)s2)c(O)c1. The molecule has 0 radical (unpaired) electrons. The summed E-state index contributed by atoms with van der Waals surface area (Å²) in [4.78, 5) is 4.18. The fourth-order valence-electron chi connectivity index (χ4n) is 3.99. The van der Waals surface area contributed by atoms with Crippen LogP contribution in [0.4, 0.5) is 5.13 Å². The van der Waals surface area contributed by atoms with Gasteiger partial charge in [0.2, 0.25) is 5.13 Å². The molecule has 1 spiro atoms. The molecule has 0 unspecified atom stereocenters. The second kappa shape index (κ2) is 7.52. The highest BCUT2D eigenvalue weighted by atomic mass is 32.1. The Labute approximate surface area is 169 Å². The average Bonchev–Trinajstić information content (AvgIpc) is 3.14. The van der Waals surface area contributed by atoms with Crippen molar-refractivity contribution < 1.29 is 5.11 Å². The molecule has 0 saturated carbocycles. The zero-order valence-corrected chi connectivity index (χ0v) is 17.1. The summed E-state index contributed by atoms with van der Waals surface area (Å²) in [5, 5.41) is 31.9. The molecule has 4 rings (SSSR count). The van der Waals surface area contributed by atoms with Crippen LogP contribution in [0.3, 0.4) is 0 Å². The minimum absolute atomic E-state index is 0.158. The van der Waals surface area contributed by atoms with Crippen molar-refractivity contribution >= 4 is 28.3 Å². The van der Waals surface area contributed by atoms with E-state index in [2.05, 4.69) is 20.4 Å². The monoisotopic (exact) mass is 398 g/mol. The van der Waals surface area contributed by atoms with Crippen molar-refractivity contribution in [3.8, 4) is 16.3 Å². The highest BCUT2D eigenvalue weighted by Gasteiger charge is 2.44. The number of rotatable bonds is 5. The van der Waals surface area contributed by atoms with Crippen molar-refractivity contribution in [1.29, 1.82) is 5.41 Å². The standard InChI is InChI=1S/C20H26N6OS/c1-25(2)11-15(10-21)14-3-4-16(17(27)9-14)18-23-24-19(28-18)26-12-20(13-26)5-7-22-8-6-20/h3-4,9-11,21-22,27H,5-8,12-13H2,1-2H3/b15-11+,21-10?. The third-order valence-electron chi connectivity index (χ3n) is 5.52. The Kier molecular flexibility index (Phi) is 5.07. The number of phenolic OH excluding ortho intramolecular Hbond substituents is 1. The summed E-state index contributed by atoms with van der Waals surface area (Å²) in [6.45, 7) is 4.31. The van der Waals surface area contributed by atoms with Crippen LogP contribution in [0.1, 0.15) is 18.4 Å². The van der Waals surface area contributed by atoms with Gasteiger partial charge in [0.05, 0.1) is 5.56 Å². The Morgan fingerprint density at radius 1 is 1.29 bits per heavy atom. The van der Waals surface area contributed by atoms with Crippen molar-refractivity contribution in [3.63, 3.8) is 0 Å². The first-order valence-electron chi connectivity index (χ1n) is 9.51. The zero-order chi connectivity index (χ0) is 19.7. The first kappa shape index (κ1) is 18.9. The van der Waals surface area contributed by atoms with E-state index in [-0.39, 0.29) is 5.75 Å². The third kappa shape index (κ3) is 3.62. The number of benzene rings is 1. The maximum Gasteiger partial charge on any atom is 0.208 e. The molecule has 2 fully saturated rings. The lowest BCUT2D eigenvalue weighted by Gasteiger charge is -2.52. The van der Waals surface area contributed by atoms with Gasteiger partial charge in [0.25, 0.3) is 0 Å². The number of aromatic nitrogens is 2. The third-order valence-corrected chi connectivity index (χ3v) is 6.53. The molecular weight excluding hydrogens is 372 g/mol. The van der Waals surface area contributed by atoms with Gasteiger partial charge in [0.1, 0.15) is 5.75 Å². The Morgan fingerprint density at radius 2 is 2.04 bits per heavy atom. The minimum atomic E-state index is 0.158. The molecule has 0 bridgehead atoms. The smallest absolute Gasteiger partial charge is 0.208 e. The maximum absolute atomic E-state index is 10.5. The van der Waals surface area contributed by atoms with Gasteiger partial charge in [0.15, 0.2) is 5.01 Å². The number of phenols is 1. The normalized spacial score (nSPS) is 18.8. The molecule has 1 aromatic heterocycles. The van der Waals surface area contributed by atoms with E-state index in [0.29, 0.717) is 11.0 Å². The maximum atomic E-state index is 10.5. The van der Waals surface area contributed by atoms with Gasteiger partial charge in [-0.2, -0.15) is 0 Å². The number of allylic oxidation sites excluding steroid dienone is 1. The molecule has 1 aromatic carbocycles. The van der Waals surface area contributed by atoms with Crippen LogP contribution in [-0.4, -0.2) is 66.7 Å². The van der Waals surface area contributed by atoms with Crippen LogP contribution in [0.5, 0.6) is 5.75 Å². The largest absolute Gasteiger partial charge is 0.507 e. The summed E-state index contributed by atoms with van der Waals surface area (Å²) < 4.78 is 0. The summed E-state index contributed by atoms with van der Waals surface area (Å²) >= 11 is 1.52. The Hall–Kier alpha value is -2.45. The van der Waals surface area contributed by atoms with Crippen molar-refractivity contribution in [2.24, 2.45) is 5.41 Å². The molecular formula is C20H26N6OS. The van der Waals surface area contributed by atoms with E-state index < -0.39 is 0 Å². The van der Waals surface area contributed by atoms with Crippen LogP contribution >= 0.6 is 11.3 Å². The zero-order valence-electron chi connectivity index (χ0n) is 16.3. The molecule has 0 aliphatic carbocycles. The molecule has 2 aliphatic rings. The molecule has 28 heavy (non-hydrogen) atoms. The van der Waals surface area contributed by atoms with Crippen molar-refractivity contribution in [1.82, 2.24) is 20.4 Å². The van der Waals surface area contributed by atoms with E-state index in [9.17, 15) is 5.11 Å². The van der Waals surface area contributed by atoms with Crippen LogP contribution in [-0.2, 0) is 0 Å². The fraction of sp³-hybridized carbons (Fsp3) is 0.450. The van der Waals surface area contributed by atoms with E-state index in [1.54, 1.807) is 6.07 Å². The Balaban J connectivity index is 1.50. The molecule has 2 saturated heterocycles. The lowest BCUT2D eigenvalue weighted by Crippen LogP contribution is -2.60. The van der Waals surface area contributed by atoms with Gasteiger partial charge in [-0.3, -0.25) is 0 Å². The number of nitrogens with one attached hydrogen (secondary N) is 2. The molecule has 8 heteroatoms. The first-order chi connectivity index (χ1) is 13.5. The van der Waals surface area contributed by atoms with Crippen LogP contribution < -0.4 is 10.2 Å². The van der Waals surface area contributed by atoms with Crippen molar-refractivity contribution in [2.75, 3.05) is 45.2 Å². The van der Waals surface area contributed by atoms with E-state index in [1.165, 1.54) is 30.4 Å². The van der Waals surface area contributed by atoms with Crippen LogP contribution in [0.2, 0.25) is 0 Å². The van der Waals surface area contributed by atoms with Gasteiger partial charge in [0, 0.05) is 50.6 Å². The molecule has 2 aromatic rings. The van der Waals surface area contributed by atoms with Gasteiger partial charge in [-0.1, -0.05) is 17.4 Å². The van der Waals surface area contributed by atoms with Crippen LogP contribution in [0.25, 0.3) is 16.1 Å². The average molecular weight is 399 g/mol. The quantitative estimate of drug-likeness (QED) is 0.671. The fourth-order valence-corrected chi connectivity index (χ4v) is 4.87. The van der Waals surface area contributed by atoms with Crippen molar-refractivity contribution in [3.05, 3.63) is 30.0 Å². The van der Waals surface area contributed by atoms with E-state index in [4.69, 9.17) is 5.41 Å². The second-order valence-electron chi connectivity index (χ2n) is 7.92. The molecule has 3 heterocycles. The number of aromatic hydroxyl groups is 1. The highest BCUT2D eigenvalue weighted by Crippen LogP contribution is 2.43. The predicted octanol–water partition coefficient (Wildman–Crippen LogP) is 2.65. The highest BCUT2D eigenvalue weighted by molar-refractivity contribution is 7.18. The predicted molar refractivity (Wildman–Crippen MR) is 114 cm³/mol. The number of nitrogens with zero attached hydrogens (tertiary/aromatic N) is 4. The van der Waals surface area contributed by atoms with Crippen LogP contribution in [0.15, 0.2) is 24.4 Å². The topological polar surface area (TPSA) is 88.4 Å². The van der Waals surface area contributed by atoms with E-state index in [1.807, 2.05) is 37.3 Å². The molecule has 0 atom stereocenters. The lowest BCUT2D eigenvalue weighted by molar-refractivity contribution is 0.149. The summed E-state index contributed by atoms with van der Waals surface area (Å²) in [6.07, 6.45) is 5.60. The van der Waals surface area contributed by atoms with Gasteiger partial charge in [-0.05, 0) is 43.6 Å². The number of piperidine rings is 1. The lowest BCUT2D eigenvalue weighted by atomic mass is 9.73. The molecule has 3 N–H and O–H groups in total. The van der Waals surface area contributed by atoms with E-state index in [0.717, 1.165) is 47.5 Å². The number of hydrogen-bond acceptors (Lipinski definition) is 8. The van der Waals surface area contributed by atoms with Gasteiger partial charge < -0.3 is 25.6 Å². The van der Waals surface area contributed by atoms with Crippen molar-refractivity contribution in [2.45, 2.75) is 12.8 Å². The summed E-state index contributed by atoms with van der Waals surface area (Å²) in [5.41, 5.74) is 2.66. The number of anilines is 1. The molecule has 2 aliphatic heterocycles. The van der Waals surface area contributed by atoms with Gasteiger partial charge in [-0.25, -0.2) is 0 Å². The Morgan fingerprint density at radius 3 is 2.68 bits per heavy atom. The van der Waals surface area contributed by atoms with E-state index >= 15 is 0 Å². The first-order valence-corrected chi connectivity index (χ1v) is 10.3. The van der Waals surface area contributed by atoms with Gasteiger partial charge >= 0.3 is 0 Å². The molecule has 148 valence electrons. The number of hydrogen-bond donors (Lipinski definition) is 3. The molecule has 7 nitrogen and oxygen atoms in total. The second-order valence-corrected chi connectivity index (χ2v) is 8.88. The summed E-state index contributed by atoms with van der Waals surface area (Å²) in [5.74, 6) is 0.158. The Bertz CT molecular complexity index is 892. The summed E-state index contributed by atoms with van der Waals surface area (Å²) in [7, 11) is 3.81. The minimum Gasteiger partial charge on any atom is -0.507 e. The van der Waals surface area contributed by atoms with Gasteiger partial charge in [-0.15, -0.1) is 10.2 Å². The molecule has 0 amide bonds. The summed E-state index contributed by atoms with van der Waals surface area (Å²) in [6, 6.07) is 5.45. The van der Waals surface area contributed by atoms with Crippen LogP contribution in [0, 0.1) is 10.8 Å².